The Morgan fingerprint density at radius 1 is 1.15 bits per heavy atom. The van der Waals surface area contributed by atoms with E-state index in [1.807, 2.05) is 18.3 Å². The van der Waals surface area contributed by atoms with E-state index in [4.69, 9.17) is 0 Å². The number of rotatable bonds is 3. The maximum absolute atomic E-state index is 12.1. The molecule has 3 heterocycles. The molecule has 0 spiro atoms. The van der Waals surface area contributed by atoms with Crippen LogP contribution in [0, 0.1) is 6.92 Å². The number of hydrogen-bond donors (Lipinski definition) is 3. The van der Waals surface area contributed by atoms with Crippen LogP contribution in [-0.4, -0.2) is 21.8 Å². The summed E-state index contributed by atoms with van der Waals surface area (Å²) in [5.74, 6) is 0.249. The Morgan fingerprint density at radius 2 is 1.93 bits per heavy atom. The van der Waals surface area contributed by atoms with Crippen LogP contribution in [-0.2, 0) is 11.3 Å². The Balaban J connectivity index is 0.00000131. The second-order valence-electron chi connectivity index (χ2n) is 5.93. The van der Waals surface area contributed by atoms with Crippen LogP contribution in [0.2, 0.25) is 0 Å². The predicted octanol–water partition coefficient (Wildman–Crippen LogP) is 3.33. The molecule has 0 saturated carbocycles. The second-order valence-corrected chi connectivity index (χ2v) is 5.93. The van der Waals surface area contributed by atoms with E-state index >= 15 is 0 Å². The number of nitrogens with zero attached hydrogens (tertiary/aromatic N) is 2. The van der Waals surface area contributed by atoms with E-state index in [0.717, 1.165) is 22.2 Å². The van der Waals surface area contributed by atoms with Crippen molar-refractivity contribution in [3.63, 3.8) is 0 Å². The van der Waals surface area contributed by atoms with E-state index in [1.165, 1.54) is 5.56 Å². The third-order valence-corrected chi connectivity index (χ3v) is 4.05. The fraction of sp³-hybridized carbons (Fsp3) is 0.105. The minimum atomic E-state index is -0.218. The number of halogens is 2. The molecule has 3 N–H and O–H groups in total. The van der Waals surface area contributed by atoms with Crippen molar-refractivity contribution in [1.82, 2.24) is 20.6 Å². The number of aliphatic imine (C=N–C) groups is 1. The summed E-state index contributed by atoms with van der Waals surface area (Å²) in [6.07, 6.45) is 5.31. The highest BCUT2D eigenvalue weighted by atomic mass is 35.5. The number of H-pyrrole nitrogens is 1. The molecule has 27 heavy (non-hydrogen) atoms. The van der Waals surface area contributed by atoms with Gasteiger partial charge < -0.3 is 10.3 Å². The van der Waals surface area contributed by atoms with Gasteiger partial charge in [-0.25, -0.2) is 9.98 Å². The maximum Gasteiger partial charge on any atom is 0.276 e. The zero-order chi connectivity index (χ0) is 17.2. The van der Waals surface area contributed by atoms with Crippen molar-refractivity contribution in [3.05, 3.63) is 71.2 Å². The molecule has 0 atom stereocenters. The monoisotopic (exact) mass is 403 g/mol. The van der Waals surface area contributed by atoms with Crippen LogP contribution in [0.3, 0.4) is 0 Å². The van der Waals surface area contributed by atoms with Gasteiger partial charge in [0.25, 0.3) is 5.91 Å². The Labute approximate surface area is 169 Å². The smallest absolute Gasteiger partial charge is 0.276 e. The molecule has 8 heteroatoms. The van der Waals surface area contributed by atoms with Crippen LogP contribution in [0.1, 0.15) is 16.7 Å². The Morgan fingerprint density at radius 3 is 2.70 bits per heavy atom. The standard InChI is InChI=1S/C19H17N5O.2ClH/c1-12-4-6-13(7-5-12)10-22-19-23-16(18(25)24-19)9-14-11-21-17-15(14)3-2-8-20-17;;/h2-9,11H,10H2,1H3,(H,20,21)(H2,22,23,24,25);2*1H/b16-9-;;. The lowest BCUT2D eigenvalue weighted by Gasteiger charge is -2.05. The van der Waals surface area contributed by atoms with E-state index in [2.05, 4.69) is 56.8 Å². The lowest BCUT2D eigenvalue weighted by molar-refractivity contribution is -0.115. The number of hydrogen-bond acceptors (Lipinski definition) is 4. The van der Waals surface area contributed by atoms with Gasteiger partial charge in [0.1, 0.15) is 11.3 Å². The van der Waals surface area contributed by atoms with Gasteiger partial charge in [-0.15, -0.1) is 24.8 Å². The number of aryl methyl sites for hydroxylation is 1. The molecule has 6 nitrogen and oxygen atoms in total. The van der Waals surface area contributed by atoms with E-state index in [1.54, 1.807) is 12.3 Å². The van der Waals surface area contributed by atoms with Gasteiger partial charge in [-0.3, -0.25) is 10.1 Å². The number of fused-ring (bicyclic) bond motifs is 1. The van der Waals surface area contributed by atoms with Gasteiger partial charge in [0.05, 0.1) is 0 Å². The minimum absolute atomic E-state index is 0. The third kappa shape index (κ3) is 4.48. The molecule has 0 bridgehead atoms. The highest BCUT2D eigenvalue weighted by Gasteiger charge is 2.20. The minimum Gasteiger partial charge on any atom is -0.352 e. The van der Waals surface area contributed by atoms with Crippen LogP contribution >= 0.6 is 24.8 Å². The largest absolute Gasteiger partial charge is 0.352 e. The van der Waals surface area contributed by atoms with Crippen LogP contribution in [0.25, 0.3) is 17.1 Å². The predicted molar refractivity (Wildman–Crippen MR) is 112 cm³/mol. The van der Waals surface area contributed by atoms with Crippen molar-refractivity contribution in [1.29, 1.82) is 0 Å². The highest BCUT2D eigenvalue weighted by molar-refractivity contribution is 6.14. The van der Waals surface area contributed by atoms with Gasteiger partial charge >= 0.3 is 0 Å². The van der Waals surface area contributed by atoms with Crippen molar-refractivity contribution in [2.24, 2.45) is 4.99 Å². The fourth-order valence-electron chi connectivity index (χ4n) is 2.69. The first kappa shape index (κ1) is 20.5. The normalized spacial score (nSPS) is 14.3. The lowest BCUT2D eigenvalue weighted by Crippen LogP contribution is -2.35. The number of aromatic nitrogens is 2. The molecule has 1 aromatic carbocycles. The number of nitrogens with one attached hydrogen (secondary N) is 3. The summed E-state index contributed by atoms with van der Waals surface area (Å²) in [6, 6.07) is 12.0. The van der Waals surface area contributed by atoms with Crippen molar-refractivity contribution < 1.29 is 4.79 Å². The first-order valence-corrected chi connectivity index (χ1v) is 8.02. The number of benzene rings is 1. The third-order valence-electron chi connectivity index (χ3n) is 4.05. The average molecular weight is 404 g/mol. The molecule has 0 fully saturated rings. The number of carbonyl (C=O) groups is 1. The van der Waals surface area contributed by atoms with Gasteiger partial charge in [0, 0.05) is 29.9 Å². The number of aromatic amines is 1. The van der Waals surface area contributed by atoms with E-state index < -0.39 is 0 Å². The fourth-order valence-corrected chi connectivity index (χ4v) is 2.69. The topological polar surface area (TPSA) is 82.2 Å². The van der Waals surface area contributed by atoms with Gasteiger partial charge in [-0.1, -0.05) is 29.8 Å². The molecule has 1 amide bonds. The van der Waals surface area contributed by atoms with Gasteiger partial charge in [-0.2, -0.15) is 0 Å². The highest BCUT2D eigenvalue weighted by Crippen LogP contribution is 2.20. The SMILES string of the molecule is Cc1ccc(CNC2=N/C(=C\c3c[nH]c4ncccc34)C(=O)N2)cc1.Cl.Cl. The quantitative estimate of drug-likeness (QED) is 0.586. The molecular weight excluding hydrogens is 385 g/mol. The molecule has 140 valence electrons. The Kier molecular flexibility index (Phi) is 6.60. The number of pyridine rings is 1. The average Bonchev–Trinajstić information content (AvgIpc) is 3.19. The van der Waals surface area contributed by atoms with Crippen molar-refractivity contribution >= 4 is 53.8 Å². The number of amides is 1. The summed E-state index contributed by atoms with van der Waals surface area (Å²) in [6.45, 7) is 2.65. The molecular formula is C19H19Cl2N5O. The molecule has 0 unspecified atom stereocenters. The van der Waals surface area contributed by atoms with Crippen molar-refractivity contribution in [2.45, 2.75) is 13.5 Å². The summed E-state index contributed by atoms with van der Waals surface area (Å²) in [4.78, 5) is 23.8. The molecule has 0 aliphatic carbocycles. The number of guanidine groups is 1. The molecule has 1 aliphatic rings. The molecule has 0 saturated heterocycles. The molecule has 3 aromatic rings. The van der Waals surface area contributed by atoms with Crippen LogP contribution in [0.15, 0.2) is 59.5 Å². The molecule has 1 aliphatic heterocycles. The van der Waals surface area contributed by atoms with Crippen molar-refractivity contribution in [2.75, 3.05) is 0 Å². The first-order valence-electron chi connectivity index (χ1n) is 8.02. The second kappa shape index (κ2) is 8.70. The summed E-state index contributed by atoms with van der Waals surface area (Å²) >= 11 is 0. The van der Waals surface area contributed by atoms with Crippen LogP contribution in [0.5, 0.6) is 0 Å². The van der Waals surface area contributed by atoms with Crippen LogP contribution in [0.4, 0.5) is 0 Å². The Bertz CT molecular complexity index is 1010. The summed E-state index contributed by atoms with van der Waals surface area (Å²) < 4.78 is 0. The molecule has 0 radical (unpaired) electrons. The van der Waals surface area contributed by atoms with Gasteiger partial charge in [0.15, 0.2) is 0 Å². The summed E-state index contributed by atoms with van der Waals surface area (Å²) in [5.41, 5.74) is 4.39. The van der Waals surface area contributed by atoms with Crippen LogP contribution < -0.4 is 10.6 Å². The zero-order valence-corrected chi connectivity index (χ0v) is 16.2. The molecule has 2 aromatic heterocycles. The lowest BCUT2D eigenvalue weighted by atomic mass is 10.1. The maximum atomic E-state index is 12.1. The Hall–Kier alpha value is -2.83. The summed E-state index contributed by atoms with van der Waals surface area (Å²) in [5, 5.41) is 6.86. The molecule has 4 rings (SSSR count). The van der Waals surface area contributed by atoms with E-state index in [0.29, 0.717) is 18.2 Å². The van der Waals surface area contributed by atoms with E-state index in [-0.39, 0.29) is 30.7 Å². The van der Waals surface area contributed by atoms with Gasteiger partial charge in [0.2, 0.25) is 5.96 Å². The first-order chi connectivity index (χ1) is 12.2. The van der Waals surface area contributed by atoms with E-state index in [9.17, 15) is 4.79 Å². The zero-order valence-electron chi connectivity index (χ0n) is 14.5. The van der Waals surface area contributed by atoms with Crippen molar-refractivity contribution in [3.8, 4) is 0 Å². The summed E-state index contributed by atoms with van der Waals surface area (Å²) in [7, 11) is 0. The number of carbonyl (C=O) groups excluding carboxylic acids is 1. The van der Waals surface area contributed by atoms with Gasteiger partial charge in [-0.05, 0) is 30.7 Å².